The van der Waals surface area contributed by atoms with Crippen molar-refractivity contribution in [3.05, 3.63) is 12.2 Å². The van der Waals surface area contributed by atoms with E-state index >= 15 is 0 Å². The third-order valence-electron chi connectivity index (χ3n) is 2.32. The van der Waals surface area contributed by atoms with Crippen LogP contribution in [0.3, 0.4) is 0 Å². The quantitative estimate of drug-likeness (QED) is 0.505. The second-order valence-electron chi connectivity index (χ2n) is 3.40. The Labute approximate surface area is 82.9 Å². The minimum atomic E-state index is -1.07. The molecule has 1 aliphatic heterocycles. The van der Waals surface area contributed by atoms with Crippen LogP contribution in [-0.4, -0.2) is 24.1 Å². The first-order valence-electron chi connectivity index (χ1n) is 4.58. The van der Waals surface area contributed by atoms with E-state index in [4.69, 9.17) is 9.47 Å². The number of carbonyl (C=O) groups is 2. The van der Waals surface area contributed by atoms with Crippen LogP contribution < -0.4 is 0 Å². The van der Waals surface area contributed by atoms with Gasteiger partial charge in [0, 0.05) is 12.0 Å². The molecule has 0 amide bonds. The van der Waals surface area contributed by atoms with Gasteiger partial charge in [-0.1, -0.05) is 13.5 Å². The molecule has 0 aromatic heterocycles. The third kappa shape index (κ3) is 1.78. The largest absolute Gasteiger partial charge is 0.463 e. The van der Waals surface area contributed by atoms with Gasteiger partial charge in [-0.3, -0.25) is 0 Å². The highest BCUT2D eigenvalue weighted by Crippen LogP contribution is 2.28. The molecule has 1 atom stereocenters. The summed E-state index contributed by atoms with van der Waals surface area (Å²) < 4.78 is 9.90. The number of rotatable bonds is 3. The average molecular weight is 198 g/mol. The van der Waals surface area contributed by atoms with Crippen molar-refractivity contribution in [3.63, 3.8) is 0 Å². The molecule has 1 rings (SSSR count). The van der Waals surface area contributed by atoms with Crippen molar-refractivity contribution in [2.24, 2.45) is 0 Å². The van der Waals surface area contributed by atoms with E-state index in [-0.39, 0.29) is 5.57 Å². The molecule has 0 radical (unpaired) electrons. The van der Waals surface area contributed by atoms with E-state index in [1.54, 1.807) is 13.8 Å². The van der Waals surface area contributed by atoms with Crippen LogP contribution in [0.25, 0.3) is 0 Å². The van der Waals surface area contributed by atoms with E-state index < -0.39 is 17.5 Å². The second kappa shape index (κ2) is 3.82. The van der Waals surface area contributed by atoms with E-state index in [0.717, 1.165) is 0 Å². The van der Waals surface area contributed by atoms with Crippen LogP contribution in [0.2, 0.25) is 0 Å². The van der Waals surface area contributed by atoms with Crippen LogP contribution in [0.15, 0.2) is 12.2 Å². The Kier molecular flexibility index (Phi) is 2.93. The summed E-state index contributed by atoms with van der Waals surface area (Å²) >= 11 is 0. The smallest absolute Gasteiger partial charge is 0.350 e. The Bertz CT molecular complexity index is 282. The summed E-state index contributed by atoms with van der Waals surface area (Å²) in [4.78, 5) is 22.6. The van der Waals surface area contributed by atoms with Gasteiger partial charge in [0.15, 0.2) is 0 Å². The van der Waals surface area contributed by atoms with Gasteiger partial charge in [-0.25, -0.2) is 9.59 Å². The summed E-state index contributed by atoms with van der Waals surface area (Å²) in [5.74, 6) is -0.986. The first-order valence-corrected chi connectivity index (χ1v) is 4.58. The zero-order chi connectivity index (χ0) is 10.8. The summed E-state index contributed by atoms with van der Waals surface area (Å²) in [5.41, 5.74) is -0.784. The Hall–Kier alpha value is -1.32. The van der Waals surface area contributed by atoms with Crippen LogP contribution in [0.4, 0.5) is 0 Å². The van der Waals surface area contributed by atoms with Crippen molar-refractivity contribution in [1.29, 1.82) is 0 Å². The van der Waals surface area contributed by atoms with Crippen LogP contribution in [0, 0.1) is 0 Å². The molecule has 0 saturated carbocycles. The topological polar surface area (TPSA) is 52.6 Å². The van der Waals surface area contributed by atoms with Crippen LogP contribution in [0.5, 0.6) is 0 Å². The molecule has 78 valence electrons. The Morgan fingerprint density at radius 2 is 2.36 bits per heavy atom. The molecule has 1 fully saturated rings. The van der Waals surface area contributed by atoms with Gasteiger partial charge in [-0.2, -0.15) is 0 Å². The molecular formula is C10H14O4. The number of esters is 2. The Morgan fingerprint density at radius 3 is 2.71 bits per heavy atom. The highest BCUT2D eigenvalue weighted by atomic mass is 16.6. The number of hydrogen-bond acceptors (Lipinski definition) is 4. The Balaban J connectivity index is 2.76. The molecule has 4 nitrogen and oxygen atoms in total. The molecule has 1 aliphatic rings. The first kappa shape index (κ1) is 10.8. The number of ether oxygens (including phenoxy) is 2. The maximum absolute atomic E-state index is 11.4. The molecule has 0 aliphatic carbocycles. The lowest BCUT2D eigenvalue weighted by atomic mass is 9.99. The molecule has 0 aromatic rings. The number of hydrogen-bond donors (Lipinski definition) is 0. The fourth-order valence-corrected chi connectivity index (χ4v) is 1.29. The monoisotopic (exact) mass is 198 g/mol. The predicted octanol–water partition coefficient (Wildman–Crippen LogP) is 1.20. The summed E-state index contributed by atoms with van der Waals surface area (Å²) in [6.45, 7) is 7.11. The van der Waals surface area contributed by atoms with Crippen molar-refractivity contribution in [2.75, 3.05) is 6.61 Å². The Morgan fingerprint density at radius 1 is 1.71 bits per heavy atom. The molecule has 0 bridgehead atoms. The van der Waals surface area contributed by atoms with Crippen LogP contribution in [-0.2, 0) is 19.1 Å². The summed E-state index contributed by atoms with van der Waals surface area (Å²) in [6.07, 6.45) is 0.867. The second-order valence-corrected chi connectivity index (χ2v) is 3.40. The normalized spacial score (nSPS) is 25.7. The minimum absolute atomic E-state index is 0.289. The van der Waals surface area contributed by atoms with Gasteiger partial charge < -0.3 is 9.47 Å². The zero-order valence-electron chi connectivity index (χ0n) is 8.46. The van der Waals surface area contributed by atoms with Gasteiger partial charge in [-0.15, -0.1) is 0 Å². The van der Waals surface area contributed by atoms with Crippen LogP contribution in [0.1, 0.15) is 26.7 Å². The van der Waals surface area contributed by atoms with Gasteiger partial charge in [0.2, 0.25) is 5.60 Å². The van der Waals surface area contributed by atoms with Crippen LogP contribution >= 0.6 is 0 Å². The third-order valence-corrected chi connectivity index (χ3v) is 2.32. The van der Waals surface area contributed by atoms with Gasteiger partial charge in [0.05, 0.1) is 6.61 Å². The highest BCUT2D eigenvalue weighted by Gasteiger charge is 2.46. The van der Waals surface area contributed by atoms with E-state index in [0.29, 0.717) is 19.4 Å². The van der Waals surface area contributed by atoms with Crippen molar-refractivity contribution >= 4 is 11.9 Å². The molecule has 0 N–H and O–H groups in total. The zero-order valence-corrected chi connectivity index (χ0v) is 8.46. The standard InChI is InChI=1S/C10H14O4/c1-4-10(5-6-13-9(10)12)14-8(11)7(2)3/h2,4-6H2,1,3H3. The molecule has 0 aromatic carbocycles. The van der Waals surface area contributed by atoms with Gasteiger partial charge in [0.25, 0.3) is 0 Å². The van der Waals surface area contributed by atoms with Crippen molar-refractivity contribution < 1.29 is 19.1 Å². The van der Waals surface area contributed by atoms with Crippen molar-refractivity contribution in [2.45, 2.75) is 32.3 Å². The van der Waals surface area contributed by atoms with Crippen molar-refractivity contribution in [3.8, 4) is 0 Å². The van der Waals surface area contributed by atoms with E-state index in [2.05, 4.69) is 6.58 Å². The van der Waals surface area contributed by atoms with E-state index in [9.17, 15) is 9.59 Å². The molecule has 1 saturated heterocycles. The predicted molar refractivity (Wildman–Crippen MR) is 49.5 cm³/mol. The van der Waals surface area contributed by atoms with E-state index in [1.807, 2.05) is 0 Å². The molecule has 14 heavy (non-hydrogen) atoms. The molecule has 0 spiro atoms. The lowest BCUT2D eigenvalue weighted by molar-refractivity contribution is -0.170. The summed E-state index contributed by atoms with van der Waals surface area (Å²) in [6, 6.07) is 0. The molecule has 4 heteroatoms. The molecular weight excluding hydrogens is 184 g/mol. The highest BCUT2D eigenvalue weighted by molar-refractivity contribution is 5.91. The maximum atomic E-state index is 11.4. The fraction of sp³-hybridized carbons (Fsp3) is 0.600. The molecule has 1 heterocycles. The van der Waals surface area contributed by atoms with Gasteiger partial charge in [0.1, 0.15) is 0 Å². The summed E-state index contributed by atoms with van der Waals surface area (Å²) in [7, 11) is 0. The maximum Gasteiger partial charge on any atom is 0.350 e. The summed E-state index contributed by atoms with van der Waals surface area (Å²) in [5, 5.41) is 0. The lowest BCUT2D eigenvalue weighted by Gasteiger charge is -2.23. The van der Waals surface area contributed by atoms with Crippen molar-refractivity contribution in [1.82, 2.24) is 0 Å². The SMILES string of the molecule is C=C(C)C(=O)OC1(CC)CCOC1=O. The van der Waals surface area contributed by atoms with Gasteiger partial charge >= 0.3 is 11.9 Å². The number of carbonyl (C=O) groups excluding carboxylic acids is 2. The first-order chi connectivity index (χ1) is 6.52. The minimum Gasteiger partial charge on any atom is -0.463 e. The molecule has 1 unspecified atom stereocenters. The van der Waals surface area contributed by atoms with E-state index in [1.165, 1.54) is 0 Å². The van der Waals surface area contributed by atoms with Gasteiger partial charge in [-0.05, 0) is 13.3 Å². The fourth-order valence-electron chi connectivity index (χ4n) is 1.29. The number of cyclic esters (lactones) is 1. The lowest BCUT2D eigenvalue weighted by Crippen LogP contribution is -2.39. The average Bonchev–Trinajstić information content (AvgIpc) is 2.48.